The van der Waals surface area contributed by atoms with Crippen LogP contribution >= 0.6 is 35.0 Å². The summed E-state index contributed by atoms with van der Waals surface area (Å²) in [6.45, 7) is 4.27. The maximum atomic E-state index is 13.3. The van der Waals surface area contributed by atoms with Crippen LogP contribution in [0.15, 0.2) is 35.5 Å². The lowest BCUT2D eigenvalue weighted by molar-refractivity contribution is -0.113. The van der Waals surface area contributed by atoms with Crippen molar-refractivity contribution in [3.8, 4) is 17.2 Å². The van der Waals surface area contributed by atoms with Crippen molar-refractivity contribution in [2.45, 2.75) is 31.7 Å². The Labute approximate surface area is 210 Å². The van der Waals surface area contributed by atoms with E-state index in [0.29, 0.717) is 45.5 Å². The average molecular weight is 529 g/mol. The summed E-state index contributed by atoms with van der Waals surface area (Å²) in [5.41, 5.74) is 0.435. The molecule has 0 spiro atoms. The highest BCUT2D eigenvalue weighted by atomic mass is 35.5. The molecule has 182 valence electrons. The maximum absolute atomic E-state index is 13.3. The van der Waals surface area contributed by atoms with Gasteiger partial charge in [0.2, 0.25) is 5.91 Å². The first-order chi connectivity index (χ1) is 16.3. The Balaban J connectivity index is 1.68. The number of carbonyl (C=O) groups is 1. The van der Waals surface area contributed by atoms with Gasteiger partial charge < -0.3 is 24.1 Å². The second-order valence-electron chi connectivity index (χ2n) is 6.94. The van der Waals surface area contributed by atoms with Crippen molar-refractivity contribution in [3.63, 3.8) is 0 Å². The van der Waals surface area contributed by atoms with Gasteiger partial charge in [-0.05, 0) is 32.0 Å². The summed E-state index contributed by atoms with van der Waals surface area (Å²) in [5.74, 6) is 1.06. The van der Waals surface area contributed by atoms with Gasteiger partial charge in [-0.15, -0.1) is 10.2 Å². The van der Waals surface area contributed by atoms with Crippen LogP contribution in [0.25, 0.3) is 0 Å². The van der Waals surface area contributed by atoms with E-state index in [1.165, 1.54) is 44.2 Å². The quantitative estimate of drug-likeness (QED) is 0.341. The zero-order chi connectivity index (χ0) is 24.8. The first kappa shape index (κ1) is 25.9. The molecule has 3 rings (SSSR count). The third kappa shape index (κ3) is 6.05. The lowest BCUT2D eigenvalue weighted by Gasteiger charge is -2.16. The summed E-state index contributed by atoms with van der Waals surface area (Å²) in [7, 11) is 2.97. The highest BCUT2D eigenvalue weighted by Gasteiger charge is 2.21. The molecule has 0 saturated heterocycles. The predicted octanol–water partition coefficient (Wildman–Crippen LogP) is 5.63. The topological polar surface area (TPSA) is 87.5 Å². The number of nitrogens with zero attached hydrogens (tertiary/aromatic N) is 3. The number of benzene rings is 2. The zero-order valence-electron chi connectivity index (χ0n) is 18.9. The van der Waals surface area contributed by atoms with Crippen LogP contribution in [0, 0.1) is 5.82 Å². The second-order valence-corrected chi connectivity index (χ2v) is 8.70. The van der Waals surface area contributed by atoms with Gasteiger partial charge in [0.1, 0.15) is 23.1 Å². The summed E-state index contributed by atoms with van der Waals surface area (Å²) in [5, 5.41) is 12.3. The minimum absolute atomic E-state index is 0.0747. The molecule has 0 aliphatic rings. The van der Waals surface area contributed by atoms with Gasteiger partial charge in [-0.2, -0.15) is 0 Å². The Morgan fingerprint density at radius 2 is 1.82 bits per heavy atom. The van der Waals surface area contributed by atoms with E-state index < -0.39 is 11.9 Å². The summed E-state index contributed by atoms with van der Waals surface area (Å²) in [6, 6.07) is 7.07. The molecule has 0 aliphatic carbocycles. The number of rotatable bonds is 10. The Hall–Kier alpha value is -2.69. The van der Waals surface area contributed by atoms with Gasteiger partial charge in [-0.3, -0.25) is 4.79 Å². The number of aromatic nitrogens is 3. The molecule has 1 heterocycles. The van der Waals surface area contributed by atoms with Gasteiger partial charge in [0, 0.05) is 18.7 Å². The van der Waals surface area contributed by atoms with Gasteiger partial charge >= 0.3 is 0 Å². The summed E-state index contributed by atoms with van der Waals surface area (Å²) >= 11 is 13.4. The smallest absolute Gasteiger partial charge is 0.234 e. The molecule has 12 heteroatoms. The van der Waals surface area contributed by atoms with Crippen LogP contribution in [0.1, 0.15) is 25.8 Å². The molecule has 0 bridgehead atoms. The van der Waals surface area contributed by atoms with E-state index >= 15 is 0 Å². The Morgan fingerprint density at radius 3 is 2.47 bits per heavy atom. The van der Waals surface area contributed by atoms with Crippen LogP contribution < -0.4 is 19.5 Å². The molecule has 0 saturated carbocycles. The number of nitrogens with one attached hydrogen (secondary N) is 1. The minimum Gasteiger partial charge on any atom is -0.495 e. The normalized spacial score (nSPS) is 11.7. The molecule has 0 fully saturated rings. The molecule has 34 heavy (non-hydrogen) atoms. The SMILES string of the molecule is CCn1c(SCC(=O)Nc2cc(OC)c(Cl)cc2OC)nnc1C(C)Oc1ccc(F)cc1Cl. The van der Waals surface area contributed by atoms with E-state index in [1.54, 1.807) is 19.1 Å². The number of methoxy groups -OCH3 is 2. The molecule has 1 unspecified atom stereocenters. The number of carbonyl (C=O) groups excluding carboxylic acids is 1. The van der Waals surface area contributed by atoms with Crippen LogP contribution in [0.5, 0.6) is 17.2 Å². The number of halogens is 3. The van der Waals surface area contributed by atoms with Crippen molar-refractivity contribution >= 4 is 46.6 Å². The van der Waals surface area contributed by atoms with E-state index in [4.69, 9.17) is 37.4 Å². The summed E-state index contributed by atoms with van der Waals surface area (Å²) in [6.07, 6.45) is -0.510. The standard InChI is InChI=1S/C22H23Cl2FN4O4S/c1-5-29-21(12(2)33-17-7-6-13(25)8-14(17)23)27-28-22(29)34-11-20(30)26-16-10-18(31-3)15(24)9-19(16)32-4/h6-10,12H,5,11H2,1-4H3,(H,26,30). The van der Waals surface area contributed by atoms with E-state index in [1.807, 2.05) is 11.5 Å². The zero-order valence-corrected chi connectivity index (χ0v) is 21.2. The van der Waals surface area contributed by atoms with Crippen molar-refractivity contribution in [1.29, 1.82) is 0 Å². The Kier molecular flexibility index (Phi) is 8.87. The van der Waals surface area contributed by atoms with Crippen molar-refractivity contribution in [3.05, 3.63) is 52.0 Å². The third-order valence-electron chi connectivity index (χ3n) is 4.70. The van der Waals surface area contributed by atoms with E-state index in [0.717, 1.165) is 0 Å². The number of amides is 1. The molecule has 0 aliphatic heterocycles. The van der Waals surface area contributed by atoms with Crippen molar-refractivity contribution in [2.75, 3.05) is 25.3 Å². The Bertz CT molecular complexity index is 1180. The van der Waals surface area contributed by atoms with Crippen LogP contribution in [0.4, 0.5) is 10.1 Å². The number of ether oxygens (including phenoxy) is 3. The van der Waals surface area contributed by atoms with Gasteiger partial charge in [0.25, 0.3) is 0 Å². The van der Waals surface area contributed by atoms with Crippen molar-refractivity contribution < 1.29 is 23.4 Å². The lowest BCUT2D eigenvalue weighted by Crippen LogP contribution is -2.16. The van der Waals surface area contributed by atoms with Crippen LogP contribution in [0.2, 0.25) is 10.0 Å². The van der Waals surface area contributed by atoms with Crippen molar-refractivity contribution in [2.24, 2.45) is 0 Å². The molecular weight excluding hydrogens is 506 g/mol. The molecule has 1 atom stereocenters. The second kappa shape index (κ2) is 11.6. The molecule has 1 aromatic heterocycles. The molecule has 1 amide bonds. The molecule has 2 aromatic carbocycles. The number of hydrogen-bond donors (Lipinski definition) is 1. The highest BCUT2D eigenvalue weighted by molar-refractivity contribution is 7.99. The Morgan fingerprint density at radius 1 is 1.12 bits per heavy atom. The molecule has 1 N–H and O–H groups in total. The number of hydrogen-bond acceptors (Lipinski definition) is 7. The number of thioether (sulfide) groups is 1. The molecular formula is C22H23Cl2FN4O4S. The van der Waals surface area contributed by atoms with Gasteiger partial charge in [0.15, 0.2) is 17.1 Å². The van der Waals surface area contributed by atoms with E-state index in [2.05, 4.69) is 15.5 Å². The van der Waals surface area contributed by atoms with Crippen LogP contribution in [-0.2, 0) is 11.3 Å². The highest BCUT2D eigenvalue weighted by Crippen LogP contribution is 2.36. The average Bonchev–Trinajstić information content (AvgIpc) is 3.23. The molecule has 3 aromatic rings. The van der Waals surface area contributed by atoms with Gasteiger partial charge in [-0.1, -0.05) is 35.0 Å². The fourth-order valence-corrected chi connectivity index (χ4v) is 4.35. The maximum Gasteiger partial charge on any atom is 0.234 e. The summed E-state index contributed by atoms with van der Waals surface area (Å²) < 4.78 is 31.5. The monoisotopic (exact) mass is 528 g/mol. The summed E-state index contributed by atoms with van der Waals surface area (Å²) in [4.78, 5) is 12.6. The minimum atomic E-state index is -0.510. The lowest BCUT2D eigenvalue weighted by atomic mass is 10.2. The van der Waals surface area contributed by atoms with Gasteiger partial charge in [-0.25, -0.2) is 4.39 Å². The van der Waals surface area contributed by atoms with Crippen molar-refractivity contribution in [1.82, 2.24) is 14.8 Å². The fourth-order valence-electron chi connectivity index (χ4n) is 3.09. The first-order valence-corrected chi connectivity index (χ1v) is 11.9. The third-order valence-corrected chi connectivity index (χ3v) is 6.26. The number of anilines is 1. The van der Waals surface area contributed by atoms with Crippen LogP contribution in [-0.4, -0.2) is 40.6 Å². The first-order valence-electron chi connectivity index (χ1n) is 10.2. The van der Waals surface area contributed by atoms with Crippen LogP contribution in [0.3, 0.4) is 0 Å². The predicted molar refractivity (Wildman–Crippen MR) is 130 cm³/mol. The molecule has 8 nitrogen and oxygen atoms in total. The largest absolute Gasteiger partial charge is 0.495 e. The van der Waals surface area contributed by atoms with Gasteiger partial charge in [0.05, 0.1) is 35.7 Å². The van der Waals surface area contributed by atoms with E-state index in [-0.39, 0.29) is 16.7 Å². The molecule has 0 radical (unpaired) electrons. The van der Waals surface area contributed by atoms with E-state index in [9.17, 15) is 9.18 Å². The fraction of sp³-hybridized carbons (Fsp3) is 0.318.